The summed E-state index contributed by atoms with van der Waals surface area (Å²) in [4.78, 5) is 20.6. The van der Waals surface area contributed by atoms with Crippen molar-refractivity contribution < 1.29 is 4.79 Å². The molecule has 0 radical (unpaired) electrons. The summed E-state index contributed by atoms with van der Waals surface area (Å²) in [6, 6.07) is 6.50. The normalized spacial score (nSPS) is 19.4. The Morgan fingerprint density at radius 3 is 2.79 bits per heavy atom. The first-order chi connectivity index (χ1) is 11.6. The Labute approximate surface area is 144 Å². The van der Waals surface area contributed by atoms with Crippen LogP contribution in [0.1, 0.15) is 31.4 Å². The van der Waals surface area contributed by atoms with E-state index in [2.05, 4.69) is 55.2 Å². The van der Waals surface area contributed by atoms with E-state index in [1.54, 1.807) is 0 Å². The molecule has 0 saturated carbocycles. The van der Waals surface area contributed by atoms with Crippen molar-refractivity contribution in [3.8, 4) is 0 Å². The summed E-state index contributed by atoms with van der Waals surface area (Å²) in [5.74, 6) is 0.402. The highest BCUT2D eigenvalue weighted by atomic mass is 16.2. The van der Waals surface area contributed by atoms with Gasteiger partial charge in [0.1, 0.15) is 0 Å². The third-order valence-electron chi connectivity index (χ3n) is 5.36. The minimum Gasteiger partial charge on any atom is -0.361 e. The van der Waals surface area contributed by atoms with E-state index in [1.165, 1.54) is 22.0 Å². The van der Waals surface area contributed by atoms with Gasteiger partial charge < -0.3 is 14.8 Å². The molecule has 4 nitrogen and oxygen atoms in total. The number of benzene rings is 1. The first-order valence-electron chi connectivity index (χ1n) is 9.19. The van der Waals surface area contributed by atoms with Crippen LogP contribution in [-0.4, -0.2) is 53.9 Å². The standard InChI is InChI=1S/C20H29N3O/c1-4-23(5-2)20(24)17-10-9-15-7-6-8-18-19(15)16(13-21-18)11-12-22(3)14-17/h6-8,13,17,21H,4-5,9-12,14H2,1-3H3/t17-/m0/s1. The number of nitrogens with zero attached hydrogens (tertiary/aromatic N) is 2. The molecule has 24 heavy (non-hydrogen) atoms. The third-order valence-corrected chi connectivity index (χ3v) is 5.36. The first kappa shape index (κ1) is 17.0. The van der Waals surface area contributed by atoms with E-state index < -0.39 is 0 Å². The maximum Gasteiger partial charge on any atom is 0.226 e. The molecule has 0 fully saturated rings. The van der Waals surface area contributed by atoms with Crippen LogP contribution in [0.5, 0.6) is 0 Å². The van der Waals surface area contributed by atoms with E-state index in [1.807, 2.05) is 4.90 Å². The number of aryl methyl sites for hydroxylation is 1. The Morgan fingerprint density at radius 1 is 1.25 bits per heavy atom. The van der Waals surface area contributed by atoms with Gasteiger partial charge in [0.2, 0.25) is 5.91 Å². The summed E-state index contributed by atoms with van der Waals surface area (Å²) in [5, 5.41) is 1.38. The predicted octanol–water partition coefficient (Wildman–Crippen LogP) is 3.07. The van der Waals surface area contributed by atoms with Crippen molar-refractivity contribution in [1.82, 2.24) is 14.8 Å². The second-order valence-corrected chi connectivity index (χ2v) is 6.91. The number of hydrogen-bond donors (Lipinski definition) is 1. The molecule has 0 spiro atoms. The number of carbonyl (C=O) groups excluding carboxylic acids is 1. The highest BCUT2D eigenvalue weighted by Crippen LogP contribution is 2.27. The number of aromatic amines is 1. The van der Waals surface area contributed by atoms with Gasteiger partial charge in [0, 0.05) is 43.3 Å². The third kappa shape index (κ3) is 3.34. The number of H-pyrrole nitrogens is 1. The average Bonchev–Trinajstić information content (AvgIpc) is 3.01. The van der Waals surface area contributed by atoms with Gasteiger partial charge in [-0.1, -0.05) is 12.1 Å². The minimum absolute atomic E-state index is 0.0886. The van der Waals surface area contributed by atoms with Crippen LogP contribution >= 0.6 is 0 Å². The Balaban J connectivity index is 1.90. The summed E-state index contributed by atoms with van der Waals surface area (Å²) in [6.45, 7) is 7.57. The number of carbonyl (C=O) groups is 1. The predicted molar refractivity (Wildman–Crippen MR) is 99.2 cm³/mol. The fraction of sp³-hybridized carbons (Fsp3) is 0.550. The molecule has 1 aromatic carbocycles. The van der Waals surface area contributed by atoms with Crippen molar-refractivity contribution in [3.05, 3.63) is 35.5 Å². The molecule has 1 N–H and O–H groups in total. The van der Waals surface area contributed by atoms with E-state index >= 15 is 0 Å². The lowest BCUT2D eigenvalue weighted by Crippen LogP contribution is -2.41. The molecule has 1 aromatic heterocycles. The van der Waals surface area contributed by atoms with E-state index in [4.69, 9.17) is 0 Å². The minimum atomic E-state index is 0.0886. The summed E-state index contributed by atoms with van der Waals surface area (Å²) >= 11 is 0. The average molecular weight is 327 g/mol. The van der Waals surface area contributed by atoms with Gasteiger partial charge in [0.05, 0.1) is 5.92 Å². The van der Waals surface area contributed by atoms with Crippen LogP contribution in [0, 0.1) is 5.92 Å². The smallest absolute Gasteiger partial charge is 0.226 e. The Bertz CT molecular complexity index is 702. The van der Waals surface area contributed by atoms with Crippen LogP contribution in [0.25, 0.3) is 10.9 Å². The van der Waals surface area contributed by atoms with Crippen molar-refractivity contribution in [2.24, 2.45) is 5.92 Å². The first-order valence-corrected chi connectivity index (χ1v) is 9.19. The fourth-order valence-corrected chi connectivity index (χ4v) is 3.94. The molecule has 0 aliphatic carbocycles. The SMILES string of the molecule is CCN(CC)C(=O)[C@H]1CCc2cccc3[nH]cc(c23)CCN(C)C1. The Morgan fingerprint density at radius 2 is 2.04 bits per heavy atom. The van der Waals surface area contributed by atoms with Crippen molar-refractivity contribution in [3.63, 3.8) is 0 Å². The highest BCUT2D eigenvalue weighted by molar-refractivity contribution is 5.87. The van der Waals surface area contributed by atoms with Gasteiger partial charge >= 0.3 is 0 Å². The topological polar surface area (TPSA) is 39.3 Å². The van der Waals surface area contributed by atoms with E-state index in [0.29, 0.717) is 5.91 Å². The number of rotatable bonds is 3. The quantitative estimate of drug-likeness (QED) is 0.941. The number of aromatic nitrogens is 1. The summed E-state index contributed by atoms with van der Waals surface area (Å²) in [7, 11) is 2.14. The second-order valence-electron chi connectivity index (χ2n) is 6.91. The van der Waals surface area contributed by atoms with Crippen LogP contribution in [0.2, 0.25) is 0 Å². The maximum atomic E-state index is 12.9. The van der Waals surface area contributed by atoms with E-state index in [0.717, 1.165) is 45.4 Å². The van der Waals surface area contributed by atoms with Crippen LogP contribution < -0.4 is 0 Å². The van der Waals surface area contributed by atoms with E-state index in [9.17, 15) is 4.79 Å². The second kappa shape index (κ2) is 7.39. The summed E-state index contributed by atoms with van der Waals surface area (Å²) < 4.78 is 0. The lowest BCUT2D eigenvalue weighted by Gasteiger charge is -2.29. The van der Waals surface area contributed by atoms with Gasteiger partial charge in [-0.05, 0) is 57.4 Å². The van der Waals surface area contributed by atoms with Gasteiger partial charge in [-0.2, -0.15) is 0 Å². The molecular formula is C20H29N3O. The molecular weight excluding hydrogens is 298 g/mol. The zero-order valence-electron chi connectivity index (χ0n) is 15.1. The molecule has 1 amide bonds. The van der Waals surface area contributed by atoms with Crippen LogP contribution in [0.15, 0.2) is 24.4 Å². The molecule has 4 heteroatoms. The van der Waals surface area contributed by atoms with Crippen LogP contribution in [-0.2, 0) is 17.6 Å². The summed E-state index contributed by atoms with van der Waals surface area (Å²) in [6.07, 6.45) is 5.07. The molecule has 130 valence electrons. The van der Waals surface area contributed by atoms with Gasteiger partial charge in [-0.25, -0.2) is 0 Å². The molecule has 2 aromatic rings. The van der Waals surface area contributed by atoms with Crippen molar-refractivity contribution in [2.45, 2.75) is 33.1 Å². The number of nitrogens with one attached hydrogen (secondary N) is 1. The lowest BCUT2D eigenvalue weighted by molar-refractivity contribution is -0.136. The van der Waals surface area contributed by atoms with Gasteiger partial charge in [0.25, 0.3) is 0 Å². The molecule has 0 saturated heterocycles. The van der Waals surface area contributed by atoms with Gasteiger partial charge in [-0.3, -0.25) is 4.79 Å². The van der Waals surface area contributed by atoms with Gasteiger partial charge in [-0.15, -0.1) is 0 Å². The molecule has 3 rings (SSSR count). The van der Waals surface area contributed by atoms with Crippen LogP contribution in [0.3, 0.4) is 0 Å². The van der Waals surface area contributed by atoms with Crippen LogP contribution in [0.4, 0.5) is 0 Å². The summed E-state index contributed by atoms with van der Waals surface area (Å²) in [5.41, 5.74) is 4.00. The maximum absolute atomic E-state index is 12.9. The van der Waals surface area contributed by atoms with Gasteiger partial charge in [0.15, 0.2) is 0 Å². The molecule has 1 aliphatic heterocycles. The molecule has 1 atom stereocenters. The molecule has 1 aliphatic rings. The largest absolute Gasteiger partial charge is 0.361 e. The molecule has 0 unspecified atom stereocenters. The van der Waals surface area contributed by atoms with Crippen molar-refractivity contribution >= 4 is 16.8 Å². The molecule has 0 bridgehead atoms. The lowest BCUT2D eigenvalue weighted by atomic mass is 9.93. The number of likely N-dealkylation sites (N-methyl/N-ethyl adjacent to an activating group) is 1. The van der Waals surface area contributed by atoms with Crippen molar-refractivity contribution in [2.75, 3.05) is 33.2 Å². The fourth-order valence-electron chi connectivity index (χ4n) is 3.94. The number of amides is 1. The van der Waals surface area contributed by atoms with Crippen molar-refractivity contribution in [1.29, 1.82) is 0 Å². The Hall–Kier alpha value is -1.81. The van der Waals surface area contributed by atoms with E-state index in [-0.39, 0.29) is 5.92 Å². The molecule has 2 heterocycles. The zero-order chi connectivity index (χ0) is 17.1. The monoisotopic (exact) mass is 327 g/mol. The number of hydrogen-bond acceptors (Lipinski definition) is 2. The highest BCUT2D eigenvalue weighted by Gasteiger charge is 2.25. The zero-order valence-corrected chi connectivity index (χ0v) is 15.1. The Kier molecular flexibility index (Phi) is 5.24.